The quantitative estimate of drug-likeness (QED) is 0.189. The summed E-state index contributed by atoms with van der Waals surface area (Å²) in [6.45, 7) is 0. The summed E-state index contributed by atoms with van der Waals surface area (Å²) in [6, 6.07) is 1.72. The van der Waals surface area contributed by atoms with E-state index < -0.39 is 78.4 Å². The second kappa shape index (κ2) is 9.23. The van der Waals surface area contributed by atoms with Gasteiger partial charge in [0.2, 0.25) is 0 Å². The predicted molar refractivity (Wildman–Crippen MR) is 158 cm³/mol. The van der Waals surface area contributed by atoms with Crippen LogP contribution in [0.25, 0.3) is 0 Å². The fourth-order valence-corrected chi connectivity index (χ4v) is 14.0. The summed E-state index contributed by atoms with van der Waals surface area (Å²) in [7, 11) is -5.40. The molecule has 0 radical (unpaired) electrons. The first kappa shape index (κ1) is 33.7. The van der Waals surface area contributed by atoms with Crippen LogP contribution in [0.4, 0.5) is 0 Å². The van der Waals surface area contributed by atoms with Crippen LogP contribution in [0.5, 0.6) is 0 Å². The van der Waals surface area contributed by atoms with Crippen molar-refractivity contribution in [2.24, 2.45) is 11.8 Å². The first-order valence-corrected chi connectivity index (χ1v) is 16.5. The average Bonchev–Trinajstić information content (AvgIpc) is 3.16. The van der Waals surface area contributed by atoms with Gasteiger partial charge in [0.1, 0.15) is 29.6 Å². The molecule has 0 aromatic heterocycles. The number of halogens is 12. The van der Waals surface area contributed by atoms with Gasteiger partial charge in [-0.15, -0.1) is 46.4 Å². The molecule has 212 valence electrons. The normalized spacial score (nSPS) is 43.4. The topological polar surface area (TPSA) is 97.3 Å². The van der Waals surface area contributed by atoms with Gasteiger partial charge in [0.25, 0.3) is 0 Å². The number of carboxylic acids is 1. The summed E-state index contributed by atoms with van der Waals surface area (Å²) in [5, 5.41) is 11.1. The summed E-state index contributed by atoms with van der Waals surface area (Å²) in [5.74, 6) is -6.78. The monoisotopic (exact) mass is 814 g/mol. The van der Waals surface area contributed by atoms with Gasteiger partial charge in [0.05, 0.1) is 31.0 Å². The van der Waals surface area contributed by atoms with Gasteiger partial charge in [-0.2, -0.15) is 0 Å². The molecule has 1 aromatic carbocycles. The van der Waals surface area contributed by atoms with Gasteiger partial charge in [0, 0.05) is 29.2 Å². The fourth-order valence-electron chi connectivity index (χ4n) is 7.29. The van der Waals surface area contributed by atoms with E-state index in [1.54, 1.807) is 0 Å². The van der Waals surface area contributed by atoms with Gasteiger partial charge < -0.3 is 14.5 Å². The first-order valence-electron chi connectivity index (χ1n) is 10.5. The predicted octanol–water partition coefficient (Wildman–Crippen LogP) is 6.68. The van der Waals surface area contributed by atoms with Crippen LogP contribution in [0.1, 0.15) is 33.3 Å². The van der Waals surface area contributed by atoms with Crippen molar-refractivity contribution >= 4 is 178 Å². The molecule has 0 saturated heterocycles. The van der Waals surface area contributed by atoms with E-state index >= 15 is 0 Å². The summed E-state index contributed by atoms with van der Waals surface area (Å²) in [5.41, 5.74) is -0.997. The van der Waals surface area contributed by atoms with Crippen LogP contribution in [-0.2, 0) is 10.1 Å². The Morgan fingerprint density at radius 3 is 1.32 bits per heavy atom. The van der Waals surface area contributed by atoms with Gasteiger partial charge in [-0.05, 0) is 23.3 Å². The van der Waals surface area contributed by atoms with Gasteiger partial charge in [-0.3, -0.25) is 0 Å². The third-order valence-corrected chi connectivity index (χ3v) is 18.1. The van der Waals surface area contributed by atoms with E-state index in [9.17, 15) is 22.9 Å². The van der Waals surface area contributed by atoms with Crippen molar-refractivity contribution in [3.8, 4) is 0 Å². The number of rotatable bonds is 2. The van der Waals surface area contributed by atoms with Crippen molar-refractivity contribution in [1.82, 2.24) is 0 Å². The van der Waals surface area contributed by atoms with E-state index in [0.29, 0.717) is 0 Å². The number of carboxylic acid groups (broad SMARTS) is 1. The molecule has 0 heterocycles. The third kappa shape index (κ3) is 3.17. The van der Waals surface area contributed by atoms with Crippen LogP contribution in [0, 0.1) is 11.8 Å². The Morgan fingerprint density at radius 2 is 1.00 bits per heavy atom. The van der Waals surface area contributed by atoms with E-state index in [1.807, 2.05) is 0 Å². The van der Waals surface area contributed by atoms with Crippen molar-refractivity contribution in [2.75, 3.05) is 0 Å². The maximum atomic E-state index is 12.2. The zero-order valence-electron chi connectivity index (χ0n) is 18.7. The maximum Gasteiger partial charge on any atom is 2.00 e. The molecule has 1 aromatic rings. The molecule has 0 spiro atoms. The van der Waals surface area contributed by atoms with E-state index in [4.69, 9.17) is 139 Å². The number of benzene rings is 1. The molecule has 8 atom stereocenters. The summed E-state index contributed by atoms with van der Waals surface area (Å²) < 4.78 is 32.2. The van der Waals surface area contributed by atoms with Crippen molar-refractivity contribution in [3.05, 3.63) is 49.0 Å². The van der Waals surface area contributed by atoms with Gasteiger partial charge >= 0.3 is 23.1 Å². The van der Waals surface area contributed by atoms with E-state index in [-0.39, 0.29) is 54.3 Å². The standard InChI is InChI=1S/C21H8Cl12O5S.Mg/c22-11-13(24)18(28)9-7(16(11,26)20(18,30)31)3-1-5(15(34)35)6(39(36,37)38)2-4(3)8-10(9)19(29)14(25)12(23)17(8,27)21(19,32)33;/h1-2,7-10H,(H,34,35)(H,36,37,38);/q;+2/p-2. The maximum absolute atomic E-state index is 12.2. The van der Waals surface area contributed by atoms with Gasteiger partial charge in [-0.25, -0.2) is 8.42 Å². The molecule has 2 fully saturated rings. The minimum absolute atomic E-state index is 0. The van der Waals surface area contributed by atoms with Crippen LogP contribution in [0.2, 0.25) is 0 Å². The van der Waals surface area contributed by atoms with Crippen LogP contribution < -0.4 is 5.11 Å². The molecule has 4 bridgehead atoms. The number of carbonyl (C=O) groups is 1. The Morgan fingerprint density at radius 1 is 0.675 bits per heavy atom. The van der Waals surface area contributed by atoms with Crippen LogP contribution >= 0.6 is 139 Å². The molecule has 6 rings (SSSR count). The molecule has 5 nitrogen and oxygen atoms in total. The van der Waals surface area contributed by atoms with E-state index in [0.717, 1.165) is 12.1 Å². The molecular weight excluding hydrogens is 814 g/mol. The minimum Gasteiger partial charge on any atom is -0.744 e. The third-order valence-electron chi connectivity index (χ3n) is 8.72. The molecule has 40 heavy (non-hydrogen) atoms. The first-order chi connectivity index (χ1) is 17.5. The van der Waals surface area contributed by atoms with Crippen LogP contribution in [0.3, 0.4) is 0 Å². The Bertz CT molecular complexity index is 1630. The molecule has 19 heteroatoms. The number of aromatic carboxylic acids is 1. The largest absolute Gasteiger partial charge is 2.00 e. The molecule has 0 amide bonds. The molecule has 5 aliphatic rings. The van der Waals surface area contributed by atoms with Gasteiger partial charge in [0.15, 0.2) is 8.67 Å². The molecule has 2 saturated carbocycles. The summed E-state index contributed by atoms with van der Waals surface area (Å²) >= 11 is 82.4. The Balaban J connectivity index is 0.00000323. The molecule has 0 N–H and O–H groups in total. The number of carbonyl (C=O) groups excluding carboxylic acids is 1. The number of fused-ring (bicyclic) bond motifs is 14. The van der Waals surface area contributed by atoms with Crippen molar-refractivity contribution in [2.45, 2.75) is 44.9 Å². The minimum atomic E-state index is -5.40. The molecule has 5 aliphatic carbocycles. The zero-order valence-corrected chi connectivity index (χ0v) is 30.0. The molecule has 0 aliphatic heterocycles. The molecule has 8 unspecified atom stereocenters. The molecular formula is C21H6Cl12MgO5S. The Labute approximate surface area is 303 Å². The summed E-state index contributed by atoms with van der Waals surface area (Å²) in [6.07, 6.45) is 0. The van der Waals surface area contributed by atoms with E-state index in [1.165, 1.54) is 0 Å². The number of hydrogen-bond donors (Lipinski definition) is 0. The number of alkyl halides is 8. The average molecular weight is 820 g/mol. The second-order valence-electron chi connectivity index (χ2n) is 9.98. The smallest absolute Gasteiger partial charge is 0.744 e. The van der Waals surface area contributed by atoms with Crippen molar-refractivity contribution < 1.29 is 22.9 Å². The van der Waals surface area contributed by atoms with Crippen molar-refractivity contribution in [1.29, 1.82) is 0 Å². The zero-order chi connectivity index (χ0) is 29.4. The van der Waals surface area contributed by atoms with E-state index in [2.05, 4.69) is 0 Å². The van der Waals surface area contributed by atoms with Crippen molar-refractivity contribution in [3.63, 3.8) is 0 Å². The Hall–Kier alpha value is 2.33. The summed E-state index contributed by atoms with van der Waals surface area (Å²) in [4.78, 5) is 2.82. The number of hydrogen-bond acceptors (Lipinski definition) is 5. The fraction of sp³-hybridized carbons (Fsp3) is 0.476. The van der Waals surface area contributed by atoms with Crippen LogP contribution in [-0.4, -0.2) is 70.2 Å². The SMILES string of the molecule is O=C([O-])c1cc2c(cc1S(=O)(=O)[O-])C1C(C3C2C2(Cl)C(Cl)=C(Cl)C3(Cl)C2(Cl)Cl)C2(Cl)C(Cl)=C(Cl)C1(Cl)C2(Cl)Cl.[Mg+2]. The van der Waals surface area contributed by atoms with Gasteiger partial charge in [-0.1, -0.05) is 92.8 Å². The number of allylic oxidation sites excluding steroid dienone is 4. The second-order valence-corrected chi connectivity index (χ2v) is 17.9. The Kier molecular flexibility index (Phi) is 7.77. The van der Waals surface area contributed by atoms with Crippen LogP contribution in [0.15, 0.2) is 37.2 Å².